The number of anilines is 2. The van der Waals surface area contributed by atoms with E-state index < -0.39 is 10.0 Å². The molecule has 1 N–H and O–H groups in total. The van der Waals surface area contributed by atoms with E-state index in [2.05, 4.69) is 10.3 Å². The smallest absolute Gasteiger partial charge is 0.264 e. The number of fused-ring (bicyclic) bond motifs is 1. The van der Waals surface area contributed by atoms with Gasteiger partial charge < -0.3 is 5.32 Å². The van der Waals surface area contributed by atoms with Gasteiger partial charge in [-0.05, 0) is 49.1 Å². The number of benzene rings is 2. The Morgan fingerprint density at radius 3 is 2.67 bits per heavy atom. The third-order valence-corrected chi connectivity index (χ3v) is 6.87. The van der Waals surface area contributed by atoms with Crippen LogP contribution in [-0.4, -0.2) is 25.9 Å². The van der Waals surface area contributed by atoms with E-state index in [1.165, 1.54) is 4.31 Å². The van der Waals surface area contributed by atoms with Crippen molar-refractivity contribution >= 4 is 27.3 Å². The third-order valence-electron chi connectivity index (χ3n) is 5.06. The Morgan fingerprint density at radius 1 is 1.10 bits per heavy atom. The molecule has 0 bridgehead atoms. The van der Waals surface area contributed by atoms with Crippen molar-refractivity contribution < 1.29 is 13.2 Å². The maximum Gasteiger partial charge on any atom is 0.264 e. The highest BCUT2D eigenvalue weighted by molar-refractivity contribution is 7.92. The molecule has 4 rings (SSSR count). The first-order valence-electron chi connectivity index (χ1n) is 9.85. The van der Waals surface area contributed by atoms with E-state index in [1.807, 2.05) is 43.3 Å². The number of carbonyl (C=O) groups is 1. The van der Waals surface area contributed by atoms with Crippen molar-refractivity contribution in [2.75, 3.05) is 16.2 Å². The number of pyridine rings is 1. The number of rotatable bonds is 5. The van der Waals surface area contributed by atoms with Gasteiger partial charge in [0.25, 0.3) is 10.0 Å². The van der Waals surface area contributed by atoms with Crippen LogP contribution < -0.4 is 9.62 Å². The van der Waals surface area contributed by atoms with Crippen LogP contribution >= 0.6 is 0 Å². The van der Waals surface area contributed by atoms with Crippen LogP contribution in [0.2, 0.25) is 0 Å². The number of nitrogens with one attached hydrogen (secondary N) is 1. The molecular formula is C23H23N3O3S. The molecule has 30 heavy (non-hydrogen) atoms. The summed E-state index contributed by atoms with van der Waals surface area (Å²) in [5.74, 6) is -0.174. The summed E-state index contributed by atoms with van der Waals surface area (Å²) in [5, 5.41) is 2.84. The van der Waals surface area contributed by atoms with Crippen molar-refractivity contribution in [3.8, 4) is 0 Å². The van der Waals surface area contributed by atoms with Crippen molar-refractivity contribution in [2.24, 2.45) is 0 Å². The summed E-state index contributed by atoms with van der Waals surface area (Å²) < 4.78 is 28.0. The summed E-state index contributed by atoms with van der Waals surface area (Å²) >= 11 is 0. The Kier molecular flexibility index (Phi) is 5.55. The largest absolute Gasteiger partial charge is 0.324 e. The summed E-state index contributed by atoms with van der Waals surface area (Å²) in [5.41, 5.74) is 3.53. The fourth-order valence-electron chi connectivity index (χ4n) is 3.61. The molecular weight excluding hydrogens is 398 g/mol. The maximum atomic E-state index is 13.3. The first-order chi connectivity index (χ1) is 14.4. The van der Waals surface area contributed by atoms with Gasteiger partial charge in [0.05, 0.1) is 34.6 Å². The molecule has 0 atom stereocenters. The van der Waals surface area contributed by atoms with E-state index in [4.69, 9.17) is 0 Å². The standard InChI is InChI=1S/C23H23N3O3S/c1-17-7-5-10-20(13-17)30(28,29)26-12-6-11-21-22(26)15-19(16-24-21)25-23(27)14-18-8-3-2-4-9-18/h2-5,7-10,13,15-16H,6,11-12,14H2,1H3,(H,25,27). The molecule has 1 aliphatic rings. The van der Waals surface area contributed by atoms with Crippen LogP contribution in [0.1, 0.15) is 23.2 Å². The van der Waals surface area contributed by atoms with Crippen molar-refractivity contribution in [3.05, 3.63) is 83.7 Å². The van der Waals surface area contributed by atoms with Gasteiger partial charge in [0, 0.05) is 6.54 Å². The van der Waals surface area contributed by atoms with Crippen LogP contribution in [0.5, 0.6) is 0 Å². The quantitative estimate of drug-likeness (QED) is 0.681. The highest BCUT2D eigenvalue weighted by Crippen LogP contribution is 2.33. The molecule has 0 aliphatic carbocycles. The van der Waals surface area contributed by atoms with Gasteiger partial charge in [-0.1, -0.05) is 42.5 Å². The zero-order valence-electron chi connectivity index (χ0n) is 16.7. The summed E-state index contributed by atoms with van der Waals surface area (Å²) in [7, 11) is -3.71. The van der Waals surface area contributed by atoms with Gasteiger partial charge in [0.2, 0.25) is 5.91 Å². The minimum absolute atomic E-state index is 0.174. The molecule has 0 spiro atoms. The molecule has 6 nitrogen and oxygen atoms in total. The van der Waals surface area contributed by atoms with Gasteiger partial charge in [0.1, 0.15) is 0 Å². The number of sulfonamides is 1. The number of hydrogen-bond acceptors (Lipinski definition) is 4. The van der Waals surface area contributed by atoms with E-state index in [1.54, 1.807) is 30.5 Å². The number of nitrogens with zero attached hydrogens (tertiary/aromatic N) is 2. The number of aryl methyl sites for hydroxylation is 2. The lowest BCUT2D eigenvalue weighted by Gasteiger charge is -2.30. The topological polar surface area (TPSA) is 79.4 Å². The van der Waals surface area contributed by atoms with Crippen molar-refractivity contribution in [1.29, 1.82) is 0 Å². The maximum absolute atomic E-state index is 13.3. The fraction of sp³-hybridized carbons (Fsp3) is 0.217. The first kappa shape index (κ1) is 20.1. The molecule has 0 saturated heterocycles. The van der Waals surface area contributed by atoms with Gasteiger partial charge in [-0.3, -0.25) is 14.1 Å². The van der Waals surface area contributed by atoms with Gasteiger partial charge in [-0.25, -0.2) is 8.42 Å². The zero-order valence-corrected chi connectivity index (χ0v) is 17.5. The van der Waals surface area contributed by atoms with E-state index in [0.29, 0.717) is 30.8 Å². The molecule has 0 saturated carbocycles. The summed E-state index contributed by atoms with van der Waals surface area (Å²) in [6.07, 6.45) is 3.23. The average molecular weight is 422 g/mol. The van der Waals surface area contributed by atoms with Crippen LogP contribution in [0.15, 0.2) is 71.8 Å². The number of aromatic nitrogens is 1. The van der Waals surface area contributed by atoms with E-state index in [0.717, 1.165) is 16.8 Å². The van der Waals surface area contributed by atoms with Gasteiger partial charge in [0.15, 0.2) is 0 Å². The van der Waals surface area contributed by atoms with Crippen molar-refractivity contribution in [2.45, 2.75) is 31.1 Å². The Hall–Kier alpha value is -3.19. The second-order valence-electron chi connectivity index (χ2n) is 7.40. The molecule has 0 unspecified atom stereocenters. The second kappa shape index (κ2) is 8.28. The van der Waals surface area contributed by atoms with Crippen LogP contribution in [0.3, 0.4) is 0 Å². The predicted molar refractivity (Wildman–Crippen MR) is 117 cm³/mol. The summed E-state index contributed by atoms with van der Waals surface area (Å²) in [4.78, 5) is 17.1. The van der Waals surface area contributed by atoms with Gasteiger partial charge in [-0.2, -0.15) is 0 Å². The van der Waals surface area contributed by atoms with E-state index in [9.17, 15) is 13.2 Å². The minimum atomic E-state index is -3.71. The summed E-state index contributed by atoms with van der Waals surface area (Å²) in [6.45, 7) is 2.25. The molecule has 1 amide bonds. The highest BCUT2D eigenvalue weighted by Gasteiger charge is 2.30. The lowest BCUT2D eigenvalue weighted by molar-refractivity contribution is -0.115. The number of amides is 1. The normalized spacial score (nSPS) is 13.6. The van der Waals surface area contributed by atoms with E-state index in [-0.39, 0.29) is 17.2 Å². The number of carbonyl (C=O) groups excluding carboxylic acids is 1. The van der Waals surface area contributed by atoms with Crippen LogP contribution in [0.25, 0.3) is 0 Å². The average Bonchev–Trinajstić information content (AvgIpc) is 2.74. The SMILES string of the molecule is Cc1cccc(S(=O)(=O)N2CCCc3ncc(NC(=O)Cc4ccccc4)cc32)c1. The van der Waals surface area contributed by atoms with Gasteiger partial charge >= 0.3 is 0 Å². The highest BCUT2D eigenvalue weighted by atomic mass is 32.2. The minimum Gasteiger partial charge on any atom is -0.324 e. The lowest BCUT2D eigenvalue weighted by atomic mass is 10.1. The summed E-state index contributed by atoms with van der Waals surface area (Å²) in [6, 6.07) is 18.0. The van der Waals surface area contributed by atoms with E-state index >= 15 is 0 Å². The van der Waals surface area contributed by atoms with Crippen LogP contribution in [-0.2, 0) is 27.7 Å². The lowest BCUT2D eigenvalue weighted by Crippen LogP contribution is -2.36. The zero-order chi connectivity index (χ0) is 21.1. The Balaban J connectivity index is 1.61. The fourth-order valence-corrected chi connectivity index (χ4v) is 5.23. The predicted octanol–water partition coefficient (Wildman–Crippen LogP) is 3.71. The molecule has 2 aromatic carbocycles. The Morgan fingerprint density at radius 2 is 1.90 bits per heavy atom. The molecule has 1 aliphatic heterocycles. The van der Waals surface area contributed by atoms with Crippen LogP contribution in [0, 0.1) is 6.92 Å². The van der Waals surface area contributed by atoms with Crippen LogP contribution in [0.4, 0.5) is 11.4 Å². The molecule has 0 radical (unpaired) electrons. The molecule has 7 heteroatoms. The van der Waals surface area contributed by atoms with Crippen molar-refractivity contribution in [3.63, 3.8) is 0 Å². The molecule has 2 heterocycles. The third kappa shape index (κ3) is 4.21. The Labute approximate surface area is 176 Å². The second-order valence-corrected chi connectivity index (χ2v) is 9.26. The molecule has 3 aromatic rings. The molecule has 0 fully saturated rings. The number of hydrogen-bond donors (Lipinski definition) is 1. The first-order valence-corrected chi connectivity index (χ1v) is 11.3. The monoisotopic (exact) mass is 421 g/mol. The molecule has 154 valence electrons. The van der Waals surface area contributed by atoms with Crippen molar-refractivity contribution in [1.82, 2.24) is 4.98 Å². The molecule has 1 aromatic heterocycles. The Bertz CT molecular complexity index is 1180. The van der Waals surface area contributed by atoms with Gasteiger partial charge in [-0.15, -0.1) is 0 Å².